The van der Waals surface area contributed by atoms with Crippen LogP contribution in [0.2, 0.25) is 0 Å². The van der Waals surface area contributed by atoms with Gasteiger partial charge in [-0.3, -0.25) is 9.69 Å². The number of hydrogen-bond donors (Lipinski definition) is 1. The van der Waals surface area contributed by atoms with Crippen LogP contribution in [0.15, 0.2) is 18.3 Å². The average molecular weight is 327 g/mol. The maximum Gasteiger partial charge on any atom is 0.237 e. The number of nitrogens with zero attached hydrogens (tertiary/aromatic N) is 4. The maximum absolute atomic E-state index is 12.4. The van der Waals surface area contributed by atoms with E-state index < -0.39 is 0 Å². The largest absolute Gasteiger partial charge is 0.354 e. The second-order valence-electron chi connectivity index (χ2n) is 6.71. The highest BCUT2D eigenvalue weighted by Gasteiger charge is 2.27. The fraction of sp³-hybridized carbons (Fsp3) is 0.611. The number of anilines is 1. The van der Waals surface area contributed by atoms with Crippen molar-refractivity contribution in [1.82, 2.24) is 15.2 Å². The van der Waals surface area contributed by atoms with Gasteiger partial charge in [-0.2, -0.15) is 5.26 Å². The number of pyridine rings is 1. The number of rotatable bonds is 4. The zero-order valence-electron chi connectivity index (χ0n) is 14.2. The van der Waals surface area contributed by atoms with Gasteiger partial charge in [-0.1, -0.05) is 12.8 Å². The molecule has 6 nitrogen and oxygen atoms in total. The van der Waals surface area contributed by atoms with E-state index in [9.17, 15) is 4.79 Å². The lowest BCUT2D eigenvalue weighted by molar-refractivity contribution is -0.126. The molecule has 1 aliphatic carbocycles. The number of nitriles is 1. The van der Waals surface area contributed by atoms with Gasteiger partial charge in [-0.25, -0.2) is 4.98 Å². The van der Waals surface area contributed by atoms with Gasteiger partial charge in [0.2, 0.25) is 5.91 Å². The number of hydrogen-bond acceptors (Lipinski definition) is 5. The van der Waals surface area contributed by atoms with Gasteiger partial charge in [-0.15, -0.1) is 0 Å². The van der Waals surface area contributed by atoms with Gasteiger partial charge in [0, 0.05) is 38.4 Å². The average Bonchev–Trinajstić information content (AvgIpc) is 3.14. The smallest absolute Gasteiger partial charge is 0.237 e. The molecule has 1 aromatic rings. The predicted molar refractivity (Wildman–Crippen MR) is 92.6 cm³/mol. The summed E-state index contributed by atoms with van der Waals surface area (Å²) in [6, 6.07) is 6.08. The van der Waals surface area contributed by atoms with Crippen molar-refractivity contribution in [3.8, 4) is 6.07 Å². The first-order chi connectivity index (χ1) is 11.7. The second-order valence-corrected chi connectivity index (χ2v) is 6.71. The third-order valence-corrected chi connectivity index (χ3v) is 5.14. The fourth-order valence-corrected chi connectivity index (χ4v) is 3.54. The topological polar surface area (TPSA) is 72.3 Å². The molecule has 6 heteroatoms. The normalized spacial score (nSPS) is 20.6. The van der Waals surface area contributed by atoms with E-state index in [0.717, 1.165) is 44.8 Å². The molecule has 0 aromatic carbocycles. The molecular formula is C18H25N5O. The Kier molecular flexibility index (Phi) is 5.31. The van der Waals surface area contributed by atoms with Crippen LogP contribution in [0.3, 0.4) is 0 Å². The minimum Gasteiger partial charge on any atom is -0.354 e. The van der Waals surface area contributed by atoms with Crippen molar-refractivity contribution in [2.24, 2.45) is 0 Å². The first kappa shape index (κ1) is 16.7. The molecule has 2 aliphatic rings. The summed E-state index contributed by atoms with van der Waals surface area (Å²) in [5, 5.41) is 12.0. The highest BCUT2D eigenvalue weighted by molar-refractivity contribution is 5.81. The Bertz CT molecular complexity index is 595. The molecule has 1 aliphatic heterocycles. The van der Waals surface area contributed by atoms with Crippen LogP contribution >= 0.6 is 0 Å². The lowest BCUT2D eigenvalue weighted by Crippen LogP contribution is -2.55. The van der Waals surface area contributed by atoms with Crippen molar-refractivity contribution in [3.05, 3.63) is 23.9 Å². The predicted octanol–water partition coefficient (Wildman–Crippen LogP) is 1.52. The third kappa shape index (κ3) is 3.85. The minimum atomic E-state index is -0.0818. The molecule has 24 heavy (non-hydrogen) atoms. The first-order valence-electron chi connectivity index (χ1n) is 8.83. The highest BCUT2D eigenvalue weighted by atomic mass is 16.2. The molecule has 1 amide bonds. The lowest BCUT2D eigenvalue weighted by Gasteiger charge is -2.38. The van der Waals surface area contributed by atoms with Crippen LogP contribution < -0.4 is 10.2 Å². The monoisotopic (exact) mass is 327 g/mol. The van der Waals surface area contributed by atoms with E-state index in [4.69, 9.17) is 5.26 Å². The van der Waals surface area contributed by atoms with Crippen molar-refractivity contribution in [2.75, 3.05) is 31.1 Å². The van der Waals surface area contributed by atoms with Crippen LogP contribution in [0, 0.1) is 11.3 Å². The summed E-state index contributed by atoms with van der Waals surface area (Å²) >= 11 is 0. The molecule has 1 unspecified atom stereocenters. The van der Waals surface area contributed by atoms with Crippen LogP contribution in [-0.4, -0.2) is 54.1 Å². The van der Waals surface area contributed by atoms with Crippen molar-refractivity contribution in [2.45, 2.75) is 44.7 Å². The molecule has 2 fully saturated rings. The second kappa shape index (κ2) is 7.63. The van der Waals surface area contributed by atoms with E-state index in [2.05, 4.69) is 26.2 Å². The molecule has 2 heterocycles. The Hall–Kier alpha value is -2.13. The van der Waals surface area contributed by atoms with Gasteiger partial charge in [0.25, 0.3) is 0 Å². The Morgan fingerprint density at radius 3 is 2.58 bits per heavy atom. The molecular weight excluding hydrogens is 302 g/mol. The van der Waals surface area contributed by atoms with Crippen molar-refractivity contribution < 1.29 is 4.79 Å². The molecule has 1 saturated carbocycles. The van der Waals surface area contributed by atoms with Gasteiger partial charge in [0.15, 0.2) is 0 Å². The summed E-state index contributed by atoms with van der Waals surface area (Å²) in [6.45, 7) is 5.39. The van der Waals surface area contributed by atoms with Crippen molar-refractivity contribution in [1.29, 1.82) is 5.26 Å². The molecule has 1 saturated heterocycles. The van der Waals surface area contributed by atoms with Gasteiger partial charge in [0.1, 0.15) is 11.9 Å². The zero-order valence-corrected chi connectivity index (χ0v) is 14.2. The number of nitrogens with one attached hydrogen (secondary N) is 1. The van der Waals surface area contributed by atoms with Gasteiger partial charge < -0.3 is 10.2 Å². The molecule has 0 spiro atoms. The van der Waals surface area contributed by atoms with Crippen molar-refractivity contribution in [3.63, 3.8) is 0 Å². The third-order valence-electron chi connectivity index (χ3n) is 5.14. The van der Waals surface area contributed by atoms with E-state index in [-0.39, 0.29) is 11.9 Å². The summed E-state index contributed by atoms with van der Waals surface area (Å²) in [4.78, 5) is 21.2. The van der Waals surface area contributed by atoms with Crippen LogP contribution in [-0.2, 0) is 4.79 Å². The summed E-state index contributed by atoms with van der Waals surface area (Å²) in [5.41, 5.74) is 0.578. The van der Waals surface area contributed by atoms with Crippen LogP contribution in [0.4, 0.5) is 5.82 Å². The molecule has 1 aromatic heterocycles. The number of carbonyl (C=O) groups excluding carboxylic acids is 1. The van der Waals surface area contributed by atoms with Crippen molar-refractivity contribution >= 4 is 11.7 Å². The zero-order chi connectivity index (χ0) is 16.9. The molecule has 1 N–H and O–H groups in total. The minimum absolute atomic E-state index is 0.0818. The highest BCUT2D eigenvalue weighted by Crippen LogP contribution is 2.19. The summed E-state index contributed by atoms with van der Waals surface area (Å²) in [6.07, 6.45) is 6.32. The molecule has 1 atom stereocenters. The van der Waals surface area contributed by atoms with Crippen LogP contribution in [0.25, 0.3) is 0 Å². The fourth-order valence-electron chi connectivity index (χ4n) is 3.54. The number of aromatic nitrogens is 1. The van der Waals surface area contributed by atoms with E-state index in [1.54, 1.807) is 12.3 Å². The standard InChI is InChI=1S/C18H25N5O/c1-14(18(24)21-16-4-2-3-5-16)22-8-10-23(11-9-22)17-7-6-15(12-19)13-20-17/h6-7,13-14,16H,2-5,8-11H2,1H3,(H,21,24). The Labute approximate surface area is 143 Å². The lowest BCUT2D eigenvalue weighted by atomic mass is 10.2. The summed E-state index contributed by atoms with van der Waals surface area (Å²) in [5.74, 6) is 1.06. The summed E-state index contributed by atoms with van der Waals surface area (Å²) < 4.78 is 0. The van der Waals surface area contributed by atoms with Gasteiger partial charge in [-0.05, 0) is 31.9 Å². The Balaban J connectivity index is 1.50. The summed E-state index contributed by atoms with van der Waals surface area (Å²) in [7, 11) is 0. The molecule has 128 valence electrons. The SMILES string of the molecule is CC(C(=O)NC1CCCC1)N1CCN(c2ccc(C#N)cn2)CC1. The molecule has 0 bridgehead atoms. The van der Waals surface area contributed by atoms with E-state index in [0.29, 0.717) is 11.6 Å². The molecule has 0 radical (unpaired) electrons. The van der Waals surface area contributed by atoms with E-state index in [1.807, 2.05) is 13.0 Å². The van der Waals surface area contributed by atoms with E-state index in [1.165, 1.54) is 12.8 Å². The van der Waals surface area contributed by atoms with E-state index >= 15 is 0 Å². The number of carbonyl (C=O) groups is 1. The Morgan fingerprint density at radius 1 is 1.29 bits per heavy atom. The maximum atomic E-state index is 12.4. The number of piperazine rings is 1. The first-order valence-corrected chi connectivity index (χ1v) is 8.83. The van der Waals surface area contributed by atoms with Crippen LogP contribution in [0.1, 0.15) is 38.2 Å². The number of amides is 1. The quantitative estimate of drug-likeness (QED) is 0.908. The van der Waals surface area contributed by atoms with Crippen LogP contribution in [0.5, 0.6) is 0 Å². The van der Waals surface area contributed by atoms with Gasteiger partial charge >= 0.3 is 0 Å². The molecule has 3 rings (SSSR count). The Morgan fingerprint density at radius 2 is 2.00 bits per heavy atom. The van der Waals surface area contributed by atoms with Gasteiger partial charge in [0.05, 0.1) is 11.6 Å².